The van der Waals surface area contributed by atoms with Crippen LogP contribution in [0, 0.1) is 0 Å². The molecule has 0 aliphatic carbocycles. The maximum atomic E-state index is 11.7. The lowest BCUT2D eigenvalue weighted by atomic mass is 10.2. The zero-order valence-corrected chi connectivity index (χ0v) is 9.68. The molecule has 0 aromatic rings. The monoisotopic (exact) mass is 230 g/mol. The summed E-state index contributed by atoms with van der Waals surface area (Å²) in [6, 6.07) is -0.294. The number of carboxylic acid groups (broad SMARTS) is 1. The van der Waals surface area contributed by atoms with E-state index in [1.807, 2.05) is 0 Å². The number of hydrogen-bond acceptors (Lipinski definition) is 3. The van der Waals surface area contributed by atoms with Crippen LogP contribution < -0.4 is 0 Å². The number of nitrogens with zero attached hydrogens (tertiary/aromatic N) is 2. The van der Waals surface area contributed by atoms with Crippen molar-refractivity contribution in [2.75, 3.05) is 33.8 Å². The normalized spacial score (nSPS) is 19.5. The second-order valence-electron chi connectivity index (χ2n) is 4.05. The minimum atomic E-state index is -1.01. The lowest BCUT2D eigenvalue weighted by molar-refractivity contribution is -0.137. The van der Waals surface area contributed by atoms with Crippen LogP contribution in [0.2, 0.25) is 0 Å². The van der Waals surface area contributed by atoms with Gasteiger partial charge in [0, 0.05) is 27.2 Å². The molecule has 0 bridgehead atoms. The Hall–Kier alpha value is -1.30. The van der Waals surface area contributed by atoms with Crippen molar-refractivity contribution in [2.45, 2.75) is 18.9 Å². The largest absolute Gasteiger partial charge is 0.480 e. The Labute approximate surface area is 94.8 Å². The average molecular weight is 230 g/mol. The maximum Gasteiger partial charge on any atom is 0.323 e. The van der Waals surface area contributed by atoms with Gasteiger partial charge < -0.3 is 19.6 Å². The van der Waals surface area contributed by atoms with Gasteiger partial charge in [-0.1, -0.05) is 0 Å². The Bertz CT molecular complexity index is 264. The molecule has 1 unspecified atom stereocenters. The zero-order valence-electron chi connectivity index (χ0n) is 9.68. The van der Waals surface area contributed by atoms with Crippen molar-refractivity contribution in [3.63, 3.8) is 0 Å². The molecular weight excluding hydrogens is 212 g/mol. The summed E-state index contributed by atoms with van der Waals surface area (Å²) in [5.74, 6) is -1.01. The third kappa shape index (κ3) is 3.69. The third-order valence-electron chi connectivity index (χ3n) is 2.53. The molecule has 6 nitrogen and oxygen atoms in total. The highest BCUT2D eigenvalue weighted by molar-refractivity contribution is 5.79. The van der Waals surface area contributed by atoms with Crippen LogP contribution >= 0.6 is 0 Å². The van der Waals surface area contributed by atoms with E-state index in [-0.39, 0.29) is 18.7 Å². The van der Waals surface area contributed by atoms with Crippen molar-refractivity contribution >= 4 is 12.0 Å². The molecule has 0 saturated carbocycles. The fourth-order valence-electron chi connectivity index (χ4n) is 1.73. The highest BCUT2D eigenvalue weighted by atomic mass is 16.5. The molecule has 6 heteroatoms. The molecule has 1 fully saturated rings. The molecular formula is C10H18N2O4. The third-order valence-corrected chi connectivity index (χ3v) is 2.53. The lowest BCUT2D eigenvalue weighted by Crippen LogP contribution is -2.43. The second kappa shape index (κ2) is 5.69. The molecule has 0 spiro atoms. The Morgan fingerprint density at radius 1 is 1.38 bits per heavy atom. The van der Waals surface area contributed by atoms with Gasteiger partial charge in [-0.3, -0.25) is 4.79 Å². The number of hydrogen-bond donors (Lipinski definition) is 1. The van der Waals surface area contributed by atoms with Gasteiger partial charge in [0.1, 0.15) is 6.54 Å². The summed E-state index contributed by atoms with van der Waals surface area (Å²) >= 11 is 0. The molecule has 16 heavy (non-hydrogen) atoms. The van der Waals surface area contributed by atoms with Gasteiger partial charge >= 0.3 is 12.0 Å². The zero-order chi connectivity index (χ0) is 12.1. The molecule has 1 atom stereocenters. The molecule has 0 radical (unpaired) electrons. The number of carboxylic acids is 1. The number of amides is 2. The van der Waals surface area contributed by atoms with Gasteiger partial charge in [0.15, 0.2) is 0 Å². The Morgan fingerprint density at radius 3 is 2.56 bits per heavy atom. The van der Waals surface area contributed by atoms with Crippen LogP contribution in [0.15, 0.2) is 0 Å². The molecule has 1 heterocycles. The first-order chi connectivity index (χ1) is 7.50. The SMILES string of the molecule is CN(CC(=O)O)C(=O)N(C)CC1CCCO1. The first kappa shape index (κ1) is 12.8. The summed E-state index contributed by atoms with van der Waals surface area (Å²) in [6.07, 6.45) is 2.07. The van der Waals surface area contributed by atoms with Crippen LogP contribution in [-0.4, -0.2) is 66.8 Å². The molecule has 1 N–H and O–H groups in total. The quantitative estimate of drug-likeness (QED) is 0.750. The van der Waals surface area contributed by atoms with Gasteiger partial charge in [-0.25, -0.2) is 4.79 Å². The average Bonchev–Trinajstić information content (AvgIpc) is 2.68. The standard InChI is InChI=1S/C10H18N2O4/c1-11(6-8-4-3-5-16-8)10(15)12(2)7-9(13)14/h8H,3-7H2,1-2H3,(H,13,14). The van der Waals surface area contributed by atoms with Gasteiger partial charge in [0.25, 0.3) is 0 Å². The summed E-state index contributed by atoms with van der Waals surface area (Å²) < 4.78 is 5.41. The Kier molecular flexibility index (Phi) is 4.54. The van der Waals surface area contributed by atoms with Crippen LogP contribution in [0.5, 0.6) is 0 Å². The van der Waals surface area contributed by atoms with Crippen molar-refractivity contribution in [3.8, 4) is 0 Å². The van der Waals surface area contributed by atoms with E-state index in [0.717, 1.165) is 19.4 Å². The van der Waals surface area contributed by atoms with Crippen LogP contribution in [0.4, 0.5) is 4.79 Å². The van der Waals surface area contributed by atoms with Gasteiger partial charge in [-0.05, 0) is 12.8 Å². The summed E-state index contributed by atoms with van der Waals surface area (Å²) in [5, 5.41) is 8.56. The van der Waals surface area contributed by atoms with Crippen molar-refractivity contribution < 1.29 is 19.4 Å². The highest BCUT2D eigenvalue weighted by Crippen LogP contribution is 2.13. The molecule has 0 aromatic carbocycles. The van der Waals surface area contributed by atoms with Gasteiger partial charge in [-0.15, -0.1) is 0 Å². The first-order valence-corrected chi connectivity index (χ1v) is 5.30. The molecule has 92 valence electrons. The lowest BCUT2D eigenvalue weighted by Gasteiger charge is -2.25. The summed E-state index contributed by atoms with van der Waals surface area (Å²) in [7, 11) is 3.13. The molecule has 0 aromatic heterocycles. The van der Waals surface area contributed by atoms with E-state index in [2.05, 4.69) is 0 Å². The minimum Gasteiger partial charge on any atom is -0.480 e. The van der Waals surface area contributed by atoms with E-state index < -0.39 is 5.97 Å². The van der Waals surface area contributed by atoms with E-state index in [1.165, 1.54) is 16.8 Å². The van der Waals surface area contributed by atoms with Gasteiger partial charge in [0.05, 0.1) is 6.10 Å². The first-order valence-electron chi connectivity index (χ1n) is 5.30. The van der Waals surface area contributed by atoms with Gasteiger partial charge in [-0.2, -0.15) is 0 Å². The van der Waals surface area contributed by atoms with Gasteiger partial charge in [0.2, 0.25) is 0 Å². The Morgan fingerprint density at radius 2 is 2.06 bits per heavy atom. The van der Waals surface area contributed by atoms with E-state index in [9.17, 15) is 9.59 Å². The van der Waals surface area contributed by atoms with Crippen LogP contribution in [0.1, 0.15) is 12.8 Å². The van der Waals surface area contributed by atoms with Crippen molar-refractivity contribution in [1.82, 2.24) is 9.80 Å². The van der Waals surface area contributed by atoms with E-state index in [1.54, 1.807) is 7.05 Å². The van der Waals surface area contributed by atoms with Crippen molar-refractivity contribution in [2.24, 2.45) is 0 Å². The summed E-state index contributed by atoms with van der Waals surface area (Å²) in [4.78, 5) is 24.8. The Balaban J connectivity index is 2.36. The molecule has 1 saturated heterocycles. The summed E-state index contributed by atoms with van der Waals surface area (Å²) in [5.41, 5.74) is 0. The van der Waals surface area contributed by atoms with E-state index in [0.29, 0.717) is 6.54 Å². The van der Waals surface area contributed by atoms with Crippen molar-refractivity contribution in [3.05, 3.63) is 0 Å². The minimum absolute atomic E-state index is 0.0900. The van der Waals surface area contributed by atoms with Crippen LogP contribution in [-0.2, 0) is 9.53 Å². The highest BCUT2D eigenvalue weighted by Gasteiger charge is 2.22. The van der Waals surface area contributed by atoms with Crippen molar-refractivity contribution in [1.29, 1.82) is 0 Å². The number of aliphatic carboxylic acids is 1. The van der Waals surface area contributed by atoms with E-state index in [4.69, 9.17) is 9.84 Å². The van der Waals surface area contributed by atoms with Crippen LogP contribution in [0.3, 0.4) is 0 Å². The number of rotatable bonds is 4. The number of carbonyl (C=O) groups excluding carboxylic acids is 1. The smallest absolute Gasteiger partial charge is 0.323 e. The number of urea groups is 1. The predicted molar refractivity (Wildman–Crippen MR) is 57.3 cm³/mol. The summed E-state index contributed by atoms with van der Waals surface area (Å²) in [6.45, 7) is 0.981. The maximum absolute atomic E-state index is 11.7. The molecule has 2 amide bonds. The number of likely N-dealkylation sites (N-methyl/N-ethyl adjacent to an activating group) is 2. The second-order valence-corrected chi connectivity index (χ2v) is 4.05. The molecule has 1 aliphatic rings. The molecule has 1 aliphatic heterocycles. The van der Waals surface area contributed by atoms with E-state index >= 15 is 0 Å². The topological polar surface area (TPSA) is 70.1 Å². The molecule has 1 rings (SSSR count). The van der Waals surface area contributed by atoms with Crippen LogP contribution in [0.25, 0.3) is 0 Å². The fraction of sp³-hybridized carbons (Fsp3) is 0.800. The fourth-order valence-corrected chi connectivity index (χ4v) is 1.73. The number of ether oxygens (including phenoxy) is 1. The number of carbonyl (C=O) groups is 2. The predicted octanol–water partition coefficient (Wildman–Crippen LogP) is 0.234.